The van der Waals surface area contributed by atoms with Crippen molar-refractivity contribution in [2.45, 2.75) is 6.36 Å². The molecule has 0 radical (unpaired) electrons. The van der Waals surface area contributed by atoms with E-state index in [0.717, 1.165) is 0 Å². The molecule has 0 atom stereocenters. The van der Waals surface area contributed by atoms with Gasteiger partial charge in [0, 0.05) is 0 Å². The summed E-state index contributed by atoms with van der Waals surface area (Å²) in [6, 6.07) is 4.06. The third-order valence-electron chi connectivity index (χ3n) is 1.16. The monoisotopic (exact) mass is 266 g/mol. The zero-order chi connectivity index (χ0) is 10.8. The fraction of sp³-hybridized carbons (Fsp3) is 0.143. The maximum atomic E-state index is 11.8. The third kappa shape index (κ3) is 2.88. The second-order valence-electron chi connectivity index (χ2n) is 2.15. The van der Waals surface area contributed by atoms with Crippen LogP contribution in [0.4, 0.5) is 13.2 Å². The summed E-state index contributed by atoms with van der Waals surface area (Å²) in [6.07, 6.45) is -4.85. The number of rotatable bonds is 1. The van der Waals surface area contributed by atoms with Crippen LogP contribution < -0.4 is 4.74 Å². The van der Waals surface area contributed by atoms with Gasteiger partial charge in [-0.2, -0.15) is 5.26 Å². The van der Waals surface area contributed by atoms with E-state index in [-0.39, 0.29) is 10.2 Å². The van der Waals surface area contributed by atoms with Gasteiger partial charge in [0.1, 0.15) is 16.2 Å². The van der Waals surface area contributed by atoms with Crippen molar-refractivity contribution in [2.24, 2.45) is 0 Å². The Morgan fingerprint density at radius 1 is 1.43 bits per heavy atom. The second kappa shape index (κ2) is 3.84. The van der Waals surface area contributed by atoms with Crippen molar-refractivity contribution in [1.82, 2.24) is 4.98 Å². The molecule has 0 saturated heterocycles. The zero-order valence-corrected chi connectivity index (χ0v) is 8.06. The lowest BCUT2D eigenvalue weighted by molar-refractivity contribution is -0.276. The topological polar surface area (TPSA) is 45.9 Å². The Kier molecular flexibility index (Phi) is 2.96. The number of hydrogen-bond acceptors (Lipinski definition) is 3. The minimum absolute atomic E-state index is 0.163. The Balaban J connectivity index is 3.07. The summed E-state index contributed by atoms with van der Waals surface area (Å²) in [4.78, 5) is 3.38. The predicted molar refractivity (Wildman–Crippen MR) is 43.3 cm³/mol. The lowest BCUT2D eigenvalue weighted by Crippen LogP contribution is -2.18. The molecule has 74 valence electrons. The fourth-order valence-corrected chi connectivity index (χ4v) is 0.984. The largest absolute Gasteiger partial charge is 0.574 e. The first kappa shape index (κ1) is 10.8. The molecule has 0 saturated carbocycles. The van der Waals surface area contributed by atoms with E-state index in [9.17, 15) is 13.2 Å². The summed E-state index contributed by atoms with van der Waals surface area (Å²) in [5, 5.41) is 8.45. The van der Waals surface area contributed by atoms with Gasteiger partial charge in [0.2, 0.25) is 5.88 Å². The van der Waals surface area contributed by atoms with E-state index in [1.807, 2.05) is 0 Å². The van der Waals surface area contributed by atoms with Crippen molar-refractivity contribution >= 4 is 15.9 Å². The summed E-state index contributed by atoms with van der Waals surface area (Å²) >= 11 is 2.87. The first-order valence-corrected chi connectivity index (χ1v) is 4.04. The van der Waals surface area contributed by atoms with Crippen molar-refractivity contribution in [3.8, 4) is 11.9 Å². The molecule has 7 heteroatoms. The highest BCUT2D eigenvalue weighted by Gasteiger charge is 2.33. The van der Waals surface area contributed by atoms with E-state index in [1.54, 1.807) is 0 Å². The molecule has 0 N–H and O–H groups in total. The molecule has 1 aromatic heterocycles. The van der Waals surface area contributed by atoms with E-state index in [0.29, 0.717) is 0 Å². The van der Waals surface area contributed by atoms with Gasteiger partial charge in [-0.3, -0.25) is 0 Å². The van der Waals surface area contributed by atoms with E-state index in [1.165, 1.54) is 18.2 Å². The summed E-state index contributed by atoms with van der Waals surface area (Å²) < 4.78 is 39.1. The molecule has 1 heterocycles. The van der Waals surface area contributed by atoms with Crippen molar-refractivity contribution in [1.29, 1.82) is 5.26 Å². The highest BCUT2D eigenvalue weighted by atomic mass is 79.9. The van der Waals surface area contributed by atoms with Crippen LogP contribution in [0.5, 0.6) is 5.88 Å². The molecule has 0 spiro atoms. The number of pyridine rings is 1. The Labute approximate surface area is 85.3 Å². The van der Waals surface area contributed by atoms with Gasteiger partial charge in [-0.1, -0.05) is 0 Å². The van der Waals surface area contributed by atoms with E-state index < -0.39 is 12.2 Å². The van der Waals surface area contributed by atoms with Crippen molar-refractivity contribution in [2.75, 3.05) is 0 Å². The lowest BCUT2D eigenvalue weighted by Gasteiger charge is -2.08. The van der Waals surface area contributed by atoms with Crippen molar-refractivity contribution in [3.63, 3.8) is 0 Å². The van der Waals surface area contributed by atoms with Crippen LogP contribution in [0, 0.1) is 11.3 Å². The highest BCUT2D eigenvalue weighted by Crippen LogP contribution is 2.25. The quantitative estimate of drug-likeness (QED) is 0.734. The molecule has 0 aliphatic heterocycles. The Bertz CT molecular complexity index is 386. The standard InChI is InChI=1S/C7H2BrF3N2O/c8-5-2-1-4(3-12)6(13-5)14-7(9,10)11/h1-2H. The van der Waals surface area contributed by atoms with Crippen LogP contribution in [0.3, 0.4) is 0 Å². The first-order valence-electron chi connectivity index (χ1n) is 3.25. The average molecular weight is 267 g/mol. The van der Waals surface area contributed by atoms with Crippen LogP contribution in [-0.4, -0.2) is 11.3 Å². The van der Waals surface area contributed by atoms with Crippen molar-refractivity contribution < 1.29 is 17.9 Å². The minimum atomic E-state index is -4.85. The predicted octanol–water partition coefficient (Wildman–Crippen LogP) is 2.61. The van der Waals surface area contributed by atoms with E-state index in [4.69, 9.17) is 5.26 Å². The van der Waals surface area contributed by atoms with Crippen LogP contribution in [0.2, 0.25) is 0 Å². The maximum Gasteiger partial charge on any atom is 0.574 e. The average Bonchev–Trinajstić information content (AvgIpc) is 2.01. The molecule has 1 rings (SSSR count). The van der Waals surface area contributed by atoms with Gasteiger partial charge in [-0.25, -0.2) is 4.98 Å². The Morgan fingerprint density at radius 3 is 2.57 bits per heavy atom. The zero-order valence-electron chi connectivity index (χ0n) is 6.47. The molecule has 3 nitrogen and oxygen atoms in total. The van der Waals surface area contributed by atoms with Gasteiger partial charge in [0.25, 0.3) is 0 Å². The van der Waals surface area contributed by atoms with Crippen LogP contribution in [-0.2, 0) is 0 Å². The number of ether oxygens (including phenoxy) is 1. The molecular formula is C7H2BrF3N2O. The number of nitrogens with zero attached hydrogens (tertiary/aromatic N) is 2. The van der Waals surface area contributed by atoms with Gasteiger partial charge >= 0.3 is 6.36 Å². The second-order valence-corrected chi connectivity index (χ2v) is 2.96. The molecule has 0 aromatic carbocycles. The number of alkyl halides is 3. The molecule has 0 bridgehead atoms. The molecule has 1 aromatic rings. The minimum Gasteiger partial charge on any atom is -0.386 e. The van der Waals surface area contributed by atoms with Crippen LogP contribution in [0.15, 0.2) is 16.7 Å². The number of hydrogen-bond donors (Lipinski definition) is 0. The summed E-state index contributed by atoms with van der Waals surface area (Å²) in [6.45, 7) is 0. The first-order chi connectivity index (χ1) is 6.42. The normalized spacial score (nSPS) is 10.8. The number of aromatic nitrogens is 1. The van der Waals surface area contributed by atoms with Gasteiger partial charge in [-0.05, 0) is 28.1 Å². The van der Waals surface area contributed by atoms with E-state index in [2.05, 4.69) is 25.7 Å². The highest BCUT2D eigenvalue weighted by molar-refractivity contribution is 9.10. The molecular weight excluding hydrogens is 265 g/mol. The smallest absolute Gasteiger partial charge is 0.386 e. The molecule has 0 unspecified atom stereocenters. The van der Waals surface area contributed by atoms with Gasteiger partial charge in [-0.15, -0.1) is 13.2 Å². The Hall–Kier alpha value is -1.29. The molecule has 14 heavy (non-hydrogen) atoms. The van der Waals surface area contributed by atoms with Gasteiger partial charge in [0.15, 0.2) is 0 Å². The number of nitriles is 1. The van der Waals surface area contributed by atoms with Crippen LogP contribution >= 0.6 is 15.9 Å². The van der Waals surface area contributed by atoms with Crippen LogP contribution in [0.25, 0.3) is 0 Å². The third-order valence-corrected chi connectivity index (χ3v) is 1.60. The van der Waals surface area contributed by atoms with Gasteiger partial charge in [0.05, 0.1) is 0 Å². The van der Waals surface area contributed by atoms with Gasteiger partial charge < -0.3 is 4.74 Å². The molecule has 0 aliphatic carbocycles. The van der Waals surface area contributed by atoms with Crippen molar-refractivity contribution in [3.05, 3.63) is 22.3 Å². The van der Waals surface area contributed by atoms with E-state index >= 15 is 0 Å². The molecule has 0 aliphatic rings. The summed E-state index contributed by atoms with van der Waals surface area (Å²) in [7, 11) is 0. The lowest BCUT2D eigenvalue weighted by atomic mass is 10.3. The summed E-state index contributed by atoms with van der Waals surface area (Å²) in [5.74, 6) is -0.755. The Morgan fingerprint density at radius 2 is 2.07 bits per heavy atom. The fourth-order valence-electron chi connectivity index (χ4n) is 0.690. The maximum absolute atomic E-state index is 11.8. The van der Waals surface area contributed by atoms with Crippen LogP contribution in [0.1, 0.15) is 5.56 Å². The molecule has 0 amide bonds. The summed E-state index contributed by atoms with van der Waals surface area (Å²) in [5.41, 5.74) is -0.273. The number of halogens is 4. The SMILES string of the molecule is N#Cc1ccc(Br)nc1OC(F)(F)F. The molecule has 0 fully saturated rings.